The second-order valence-corrected chi connectivity index (χ2v) is 5.47. The average Bonchev–Trinajstić information content (AvgIpc) is 2.55. The molecule has 5 heteroatoms. The van der Waals surface area contributed by atoms with Gasteiger partial charge in [0.15, 0.2) is 11.6 Å². The Morgan fingerprint density at radius 3 is 2.43 bits per heavy atom. The fraction of sp³-hybridized carbons (Fsp3) is 0.278. The molecule has 3 nitrogen and oxygen atoms in total. The van der Waals surface area contributed by atoms with Crippen molar-refractivity contribution in [2.24, 2.45) is 0 Å². The summed E-state index contributed by atoms with van der Waals surface area (Å²) < 4.78 is 31.7. The molecule has 122 valence electrons. The predicted molar refractivity (Wildman–Crippen MR) is 84.6 cm³/mol. The summed E-state index contributed by atoms with van der Waals surface area (Å²) in [5, 5.41) is 0. The van der Waals surface area contributed by atoms with Gasteiger partial charge in [0.05, 0.1) is 18.7 Å². The van der Waals surface area contributed by atoms with Crippen molar-refractivity contribution in [1.29, 1.82) is 0 Å². The number of benzene rings is 2. The molecule has 0 bridgehead atoms. The van der Waals surface area contributed by atoms with Gasteiger partial charge in [-0.1, -0.05) is 17.7 Å². The number of nitrogens with zero attached hydrogens (tertiary/aromatic N) is 1. The Balaban J connectivity index is 2.31. The molecular weight excluding hydrogens is 300 g/mol. The fourth-order valence-electron chi connectivity index (χ4n) is 2.35. The maximum absolute atomic E-state index is 13.4. The van der Waals surface area contributed by atoms with Crippen molar-refractivity contribution >= 4 is 5.91 Å². The van der Waals surface area contributed by atoms with Crippen molar-refractivity contribution < 1.29 is 18.3 Å². The first-order valence-electron chi connectivity index (χ1n) is 7.22. The third-order valence-corrected chi connectivity index (χ3v) is 3.91. The van der Waals surface area contributed by atoms with Crippen LogP contribution in [0.3, 0.4) is 0 Å². The number of methoxy groups -OCH3 is 1. The van der Waals surface area contributed by atoms with Crippen LogP contribution >= 0.6 is 0 Å². The molecule has 0 saturated carbocycles. The lowest BCUT2D eigenvalue weighted by atomic mass is 10.0. The molecule has 2 aromatic rings. The fourth-order valence-corrected chi connectivity index (χ4v) is 2.35. The zero-order valence-electron chi connectivity index (χ0n) is 13.6. The second-order valence-electron chi connectivity index (χ2n) is 5.47. The molecule has 23 heavy (non-hydrogen) atoms. The second kappa shape index (κ2) is 6.77. The number of amides is 1. The van der Waals surface area contributed by atoms with Crippen molar-refractivity contribution in [1.82, 2.24) is 4.90 Å². The summed E-state index contributed by atoms with van der Waals surface area (Å²) in [7, 11) is 3.12. The molecule has 0 fully saturated rings. The van der Waals surface area contributed by atoms with Crippen LogP contribution in [0.4, 0.5) is 8.78 Å². The van der Waals surface area contributed by atoms with Gasteiger partial charge in [0.25, 0.3) is 5.91 Å². The number of rotatable bonds is 4. The number of carbonyl (C=O) groups excluding carboxylic acids is 1. The van der Waals surface area contributed by atoms with Crippen LogP contribution in [0.1, 0.15) is 34.5 Å². The molecule has 0 spiro atoms. The summed E-state index contributed by atoms with van der Waals surface area (Å²) in [5.41, 5.74) is 1.89. The molecule has 1 atom stereocenters. The normalized spacial score (nSPS) is 11.9. The third-order valence-electron chi connectivity index (χ3n) is 3.91. The topological polar surface area (TPSA) is 29.5 Å². The molecule has 0 heterocycles. The van der Waals surface area contributed by atoms with Crippen LogP contribution in [0.5, 0.6) is 5.75 Å². The summed E-state index contributed by atoms with van der Waals surface area (Å²) in [4.78, 5) is 14.2. The van der Waals surface area contributed by atoms with Gasteiger partial charge in [0.1, 0.15) is 5.75 Å². The van der Waals surface area contributed by atoms with Crippen molar-refractivity contribution in [3.63, 3.8) is 0 Å². The van der Waals surface area contributed by atoms with Crippen LogP contribution in [0.15, 0.2) is 36.4 Å². The van der Waals surface area contributed by atoms with E-state index in [4.69, 9.17) is 4.74 Å². The molecule has 0 aliphatic carbocycles. The molecule has 0 radical (unpaired) electrons. The maximum Gasteiger partial charge on any atom is 0.257 e. The van der Waals surface area contributed by atoms with Crippen LogP contribution in [-0.2, 0) is 0 Å². The minimum Gasteiger partial charge on any atom is -0.496 e. The lowest BCUT2D eigenvalue weighted by Crippen LogP contribution is -2.30. The lowest BCUT2D eigenvalue weighted by molar-refractivity contribution is 0.0739. The van der Waals surface area contributed by atoms with Gasteiger partial charge < -0.3 is 9.64 Å². The van der Waals surface area contributed by atoms with Crippen molar-refractivity contribution in [3.05, 3.63) is 64.7 Å². The number of aryl methyl sites for hydroxylation is 1. The Labute approximate surface area is 134 Å². The van der Waals surface area contributed by atoms with E-state index in [0.717, 1.165) is 17.7 Å². The molecule has 0 N–H and O–H groups in total. The lowest BCUT2D eigenvalue weighted by Gasteiger charge is -2.26. The Morgan fingerprint density at radius 2 is 1.83 bits per heavy atom. The predicted octanol–water partition coefficient (Wildman–Crippen LogP) is 4.12. The Kier molecular flexibility index (Phi) is 4.98. The van der Waals surface area contributed by atoms with Crippen molar-refractivity contribution in [3.8, 4) is 5.75 Å². The minimum atomic E-state index is -0.927. The van der Waals surface area contributed by atoms with E-state index < -0.39 is 17.7 Å². The number of hydrogen-bond acceptors (Lipinski definition) is 2. The first-order valence-corrected chi connectivity index (χ1v) is 7.22. The van der Waals surface area contributed by atoms with Gasteiger partial charge in [0, 0.05) is 7.05 Å². The van der Waals surface area contributed by atoms with Crippen LogP contribution in [-0.4, -0.2) is 25.0 Å². The van der Waals surface area contributed by atoms with Gasteiger partial charge in [0.2, 0.25) is 0 Å². The summed E-state index contributed by atoms with van der Waals surface area (Å²) in [5.74, 6) is -1.61. The average molecular weight is 319 g/mol. The number of halogens is 2. The third kappa shape index (κ3) is 3.50. The molecule has 1 unspecified atom stereocenters. The Bertz CT molecular complexity index is 731. The largest absolute Gasteiger partial charge is 0.496 e. The summed E-state index contributed by atoms with van der Waals surface area (Å²) >= 11 is 0. The first kappa shape index (κ1) is 16.9. The van der Waals surface area contributed by atoms with E-state index in [1.54, 1.807) is 26.1 Å². The van der Waals surface area contributed by atoms with Crippen LogP contribution in [0, 0.1) is 18.6 Å². The van der Waals surface area contributed by atoms with Gasteiger partial charge in [-0.25, -0.2) is 8.78 Å². The zero-order valence-corrected chi connectivity index (χ0v) is 13.6. The SMILES string of the molecule is COc1ccc(C)cc1C(=O)N(C)C(C)c1ccc(F)c(F)c1. The van der Waals surface area contributed by atoms with E-state index in [1.165, 1.54) is 18.1 Å². The quantitative estimate of drug-likeness (QED) is 0.848. The molecule has 0 aromatic heterocycles. The van der Waals surface area contributed by atoms with Crippen LogP contribution in [0.25, 0.3) is 0 Å². The highest BCUT2D eigenvalue weighted by atomic mass is 19.2. The summed E-state index contributed by atoms with van der Waals surface area (Å²) in [6.07, 6.45) is 0. The zero-order chi connectivity index (χ0) is 17.1. The number of hydrogen-bond donors (Lipinski definition) is 0. The van der Waals surface area contributed by atoms with Crippen molar-refractivity contribution in [2.45, 2.75) is 19.9 Å². The first-order chi connectivity index (χ1) is 10.8. The Hall–Kier alpha value is -2.43. The highest BCUT2D eigenvalue weighted by molar-refractivity contribution is 5.97. The molecule has 2 rings (SSSR count). The number of ether oxygens (including phenoxy) is 1. The van der Waals surface area contributed by atoms with Gasteiger partial charge in [-0.2, -0.15) is 0 Å². The van der Waals surface area contributed by atoms with E-state index in [2.05, 4.69) is 0 Å². The maximum atomic E-state index is 13.4. The summed E-state index contributed by atoms with van der Waals surface area (Å²) in [6, 6.07) is 8.57. The summed E-state index contributed by atoms with van der Waals surface area (Å²) in [6.45, 7) is 3.64. The molecular formula is C18H19F2NO2. The van der Waals surface area contributed by atoms with Gasteiger partial charge in [-0.3, -0.25) is 4.79 Å². The highest BCUT2D eigenvalue weighted by Gasteiger charge is 2.22. The van der Waals surface area contributed by atoms with E-state index in [0.29, 0.717) is 16.9 Å². The van der Waals surface area contributed by atoms with Crippen LogP contribution in [0.2, 0.25) is 0 Å². The molecule has 1 amide bonds. The monoisotopic (exact) mass is 319 g/mol. The minimum absolute atomic E-state index is 0.247. The van der Waals surface area contributed by atoms with Gasteiger partial charge in [-0.15, -0.1) is 0 Å². The van der Waals surface area contributed by atoms with Gasteiger partial charge >= 0.3 is 0 Å². The molecule has 0 aliphatic rings. The highest BCUT2D eigenvalue weighted by Crippen LogP contribution is 2.26. The number of carbonyl (C=O) groups is 1. The molecule has 0 aliphatic heterocycles. The van der Waals surface area contributed by atoms with E-state index in [9.17, 15) is 13.6 Å². The van der Waals surface area contributed by atoms with E-state index in [-0.39, 0.29) is 5.91 Å². The van der Waals surface area contributed by atoms with Crippen LogP contribution < -0.4 is 4.74 Å². The standard InChI is InChI=1S/C18H19F2NO2/c1-11-5-8-17(23-4)14(9-11)18(22)21(3)12(2)13-6-7-15(19)16(20)10-13/h5-10,12H,1-4H3. The molecule has 0 saturated heterocycles. The molecule has 2 aromatic carbocycles. The smallest absolute Gasteiger partial charge is 0.257 e. The van der Waals surface area contributed by atoms with E-state index in [1.807, 2.05) is 13.0 Å². The Morgan fingerprint density at radius 1 is 1.13 bits per heavy atom. The van der Waals surface area contributed by atoms with Gasteiger partial charge in [-0.05, 0) is 43.7 Å². The van der Waals surface area contributed by atoms with E-state index >= 15 is 0 Å². The van der Waals surface area contributed by atoms with Crippen molar-refractivity contribution in [2.75, 3.05) is 14.2 Å².